The van der Waals surface area contributed by atoms with Crippen LogP contribution in [0.25, 0.3) is 0 Å². The van der Waals surface area contributed by atoms with Crippen molar-refractivity contribution in [2.75, 3.05) is 0 Å². The van der Waals surface area contributed by atoms with E-state index in [0.29, 0.717) is 6.92 Å². The lowest BCUT2D eigenvalue weighted by molar-refractivity contribution is -0.485. The van der Waals surface area contributed by atoms with Gasteiger partial charge in [0.25, 0.3) is 10.0 Å². The van der Waals surface area contributed by atoms with Crippen LogP contribution in [0.5, 0.6) is 0 Å². The topological polar surface area (TPSA) is 107 Å². The van der Waals surface area contributed by atoms with Gasteiger partial charge in [-0.3, -0.25) is 0 Å². The molecule has 0 heterocycles. The number of carbonyl (C=O) groups excluding carboxylic acids is 1. The molecular weight excluding hydrogens is 553 g/mol. The molecule has 0 bridgehead atoms. The van der Waals surface area contributed by atoms with Crippen LogP contribution >= 0.6 is 0 Å². The smallest absolute Gasteiger partial charge is 0.413 e. The van der Waals surface area contributed by atoms with Crippen LogP contribution in [0.1, 0.15) is 6.92 Å². The summed E-state index contributed by atoms with van der Waals surface area (Å²) in [4.78, 5) is 11.1. The Bertz CT molecular complexity index is 1050. The second-order valence-electron chi connectivity index (χ2n) is 6.19. The summed E-state index contributed by atoms with van der Waals surface area (Å²) in [5.74, 6) is -41.8. The molecular formula is C11H6F13NO6S2. The monoisotopic (exact) mass is 559 g/mol. The van der Waals surface area contributed by atoms with Gasteiger partial charge in [0.2, 0.25) is 0 Å². The lowest BCUT2D eigenvalue weighted by Crippen LogP contribution is -2.87. The van der Waals surface area contributed by atoms with Crippen molar-refractivity contribution in [2.45, 2.75) is 47.0 Å². The molecule has 0 saturated heterocycles. The highest BCUT2D eigenvalue weighted by Gasteiger charge is 3.05. The summed E-state index contributed by atoms with van der Waals surface area (Å²) in [6, 6.07) is 0. The van der Waals surface area contributed by atoms with Crippen LogP contribution in [-0.2, 0) is 29.6 Å². The summed E-state index contributed by atoms with van der Waals surface area (Å²) in [5.41, 5.74) is -8.30. The second-order valence-corrected chi connectivity index (χ2v) is 9.90. The molecule has 0 aromatic carbocycles. The highest BCUT2D eigenvalue weighted by atomic mass is 32.3. The minimum atomic E-state index is -8.49. The van der Waals surface area contributed by atoms with Crippen LogP contribution < -0.4 is 4.13 Å². The fourth-order valence-electron chi connectivity index (χ4n) is 2.13. The van der Waals surface area contributed by atoms with E-state index in [2.05, 4.69) is 11.3 Å². The molecule has 0 aliphatic heterocycles. The van der Waals surface area contributed by atoms with Gasteiger partial charge >= 0.3 is 56.0 Å². The number of halogens is 13. The van der Waals surface area contributed by atoms with Crippen LogP contribution in [-0.4, -0.2) is 62.9 Å². The van der Waals surface area contributed by atoms with Gasteiger partial charge in [-0.1, -0.05) is 10.7 Å². The number of hydrogen-bond acceptors (Lipinski definition) is 6. The summed E-state index contributed by atoms with van der Waals surface area (Å²) in [6.07, 6.45) is 0. The van der Waals surface area contributed by atoms with Crippen molar-refractivity contribution < 1.29 is 83.4 Å². The van der Waals surface area contributed by atoms with Crippen molar-refractivity contribution >= 4 is 26.0 Å². The van der Waals surface area contributed by atoms with E-state index in [9.17, 15) is 78.7 Å². The van der Waals surface area contributed by atoms with Gasteiger partial charge in [-0.05, 0) is 6.92 Å². The summed E-state index contributed by atoms with van der Waals surface area (Å²) < 4.78 is 224. The normalized spacial score (nSPS) is 31.0. The standard InChI is InChI=1S/C11H6F13NO6S2/c1-3(2)4(26)31-9(20)5(12,13)7(16,17)10(21,8(18,19)6(9,14)15)32(27,28)25-33(29,30)11(22,23)24/h25H,1H2,2H3. The van der Waals surface area contributed by atoms with Gasteiger partial charge in [0.1, 0.15) is 0 Å². The molecule has 0 amide bonds. The Morgan fingerprint density at radius 2 is 1.12 bits per heavy atom. The summed E-state index contributed by atoms with van der Waals surface area (Å²) in [7, 11) is -16.2. The lowest BCUT2D eigenvalue weighted by atomic mass is 9.79. The molecule has 22 heteroatoms. The number of carbonyl (C=O) groups is 1. The third-order valence-corrected chi connectivity index (χ3v) is 7.50. The lowest BCUT2D eigenvalue weighted by Gasteiger charge is -2.53. The first-order chi connectivity index (χ1) is 14.0. The molecule has 0 aromatic heterocycles. The molecule has 1 saturated carbocycles. The van der Waals surface area contributed by atoms with Crippen LogP contribution in [0.4, 0.5) is 57.1 Å². The Balaban J connectivity index is 4.06. The van der Waals surface area contributed by atoms with Crippen molar-refractivity contribution in [1.82, 2.24) is 4.13 Å². The molecule has 0 spiro atoms. The van der Waals surface area contributed by atoms with E-state index in [4.69, 9.17) is 0 Å². The van der Waals surface area contributed by atoms with Crippen LogP contribution in [0, 0.1) is 0 Å². The molecule has 1 aliphatic rings. The summed E-state index contributed by atoms with van der Waals surface area (Å²) in [6.45, 7) is 2.85. The number of hydrogen-bond donors (Lipinski definition) is 1. The zero-order valence-corrected chi connectivity index (χ0v) is 16.5. The van der Waals surface area contributed by atoms with E-state index >= 15 is 0 Å². The summed E-state index contributed by atoms with van der Waals surface area (Å²) >= 11 is 0. The van der Waals surface area contributed by atoms with Crippen LogP contribution in [0.15, 0.2) is 12.2 Å². The predicted octanol–water partition coefficient (Wildman–Crippen LogP) is 2.76. The Kier molecular flexibility index (Phi) is 6.27. The Labute approximate surface area is 173 Å². The highest BCUT2D eigenvalue weighted by Crippen LogP contribution is 2.70. The number of nitrogens with one attached hydrogen (secondary N) is 1. The first-order valence-electron chi connectivity index (χ1n) is 7.16. The van der Waals surface area contributed by atoms with Gasteiger partial charge in [-0.15, -0.1) is 0 Å². The Morgan fingerprint density at radius 3 is 1.39 bits per heavy atom. The minimum absolute atomic E-state index is 0.358. The van der Waals surface area contributed by atoms with Crippen molar-refractivity contribution in [3.63, 3.8) is 0 Å². The van der Waals surface area contributed by atoms with Crippen LogP contribution in [0.3, 0.4) is 0 Å². The van der Waals surface area contributed by atoms with Gasteiger partial charge in [-0.2, -0.15) is 52.7 Å². The Hall–Kier alpha value is -1.84. The van der Waals surface area contributed by atoms with Gasteiger partial charge in [0, 0.05) is 5.57 Å². The average molecular weight is 559 g/mol. The van der Waals surface area contributed by atoms with Crippen molar-refractivity contribution in [1.29, 1.82) is 0 Å². The van der Waals surface area contributed by atoms with Crippen LogP contribution in [0.2, 0.25) is 0 Å². The maximum absolute atomic E-state index is 14.6. The third-order valence-electron chi connectivity index (χ3n) is 3.88. The van der Waals surface area contributed by atoms with E-state index in [-0.39, 0.29) is 0 Å². The quantitative estimate of drug-likeness (QED) is 0.316. The molecule has 0 atom stereocenters. The number of esters is 1. The van der Waals surface area contributed by atoms with E-state index in [1.54, 1.807) is 0 Å². The van der Waals surface area contributed by atoms with E-state index in [1.165, 1.54) is 0 Å². The zero-order valence-electron chi connectivity index (χ0n) is 14.9. The molecule has 1 aliphatic carbocycles. The SMILES string of the molecule is C=C(C)C(=O)OC1(F)C(F)(F)C(F)(F)C(F)(S(=O)(=O)NS(=O)(=O)C(F)(F)F)C(F)(F)C1(F)F. The molecule has 33 heavy (non-hydrogen) atoms. The van der Waals surface area contributed by atoms with E-state index in [0.717, 1.165) is 0 Å². The largest absolute Gasteiger partial charge is 0.512 e. The van der Waals surface area contributed by atoms with E-state index in [1.807, 2.05) is 0 Å². The fourth-order valence-corrected chi connectivity index (χ4v) is 5.06. The number of ether oxygens (including phenoxy) is 1. The molecule has 0 radical (unpaired) electrons. The first-order valence-corrected chi connectivity index (χ1v) is 10.1. The first kappa shape index (κ1) is 29.2. The van der Waals surface area contributed by atoms with Gasteiger partial charge in [0.15, 0.2) is 0 Å². The fraction of sp³-hybridized carbons (Fsp3) is 0.727. The molecule has 194 valence electrons. The van der Waals surface area contributed by atoms with Gasteiger partial charge in [-0.25, -0.2) is 26.0 Å². The van der Waals surface area contributed by atoms with Gasteiger partial charge < -0.3 is 4.74 Å². The summed E-state index contributed by atoms with van der Waals surface area (Å²) in [5, 5.41) is -8.00. The highest BCUT2D eigenvalue weighted by molar-refractivity contribution is 8.05. The number of rotatable bonds is 5. The molecule has 0 aromatic rings. The Morgan fingerprint density at radius 1 is 0.788 bits per heavy atom. The zero-order chi connectivity index (χ0) is 27.1. The van der Waals surface area contributed by atoms with Crippen molar-refractivity contribution in [3.05, 3.63) is 12.2 Å². The van der Waals surface area contributed by atoms with Crippen molar-refractivity contribution in [2.24, 2.45) is 0 Å². The van der Waals surface area contributed by atoms with Crippen molar-refractivity contribution in [3.8, 4) is 0 Å². The molecule has 7 nitrogen and oxygen atoms in total. The molecule has 1 fully saturated rings. The second kappa shape index (κ2) is 7.09. The number of sulfonamides is 2. The maximum Gasteiger partial charge on any atom is 0.512 e. The molecule has 0 unspecified atom stereocenters. The third kappa shape index (κ3) is 3.30. The van der Waals surface area contributed by atoms with E-state index < -0.39 is 75.8 Å². The minimum Gasteiger partial charge on any atom is -0.413 e. The molecule has 1 rings (SSSR count). The molecule has 1 N–H and O–H groups in total. The number of alkyl halides is 13. The average Bonchev–Trinajstić information content (AvgIpc) is 2.56. The van der Waals surface area contributed by atoms with Gasteiger partial charge in [0.05, 0.1) is 0 Å². The predicted molar refractivity (Wildman–Crippen MR) is 75.4 cm³/mol. The maximum atomic E-state index is 14.6.